The zero-order valence-corrected chi connectivity index (χ0v) is 11.4. The molecule has 0 saturated heterocycles. The molecule has 1 saturated carbocycles. The summed E-state index contributed by atoms with van der Waals surface area (Å²) in [4.78, 5) is 13.9. The quantitative estimate of drug-likeness (QED) is 0.684. The minimum atomic E-state index is 0.0175. The summed E-state index contributed by atoms with van der Waals surface area (Å²) in [6, 6.07) is 0. The first-order valence-electron chi connectivity index (χ1n) is 5.51. The van der Waals surface area contributed by atoms with E-state index in [0.717, 1.165) is 0 Å². The molecule has 0 aromatic rings. The Labute approximate surface area is 98.0 Å². The van der Waals surface area contributed by atoms with Crippen LogP contribution in [0.2, 0.25) is 0 Å². The highest BCUT2D eigenvalue weighted by atomic mass is 35.5. The van der Waals surface area contributed by atoms with E-state index in [0.29, 0.717) is 6.54 Å². The van der Waals surface area contributed by atoms with Gasteiger partial charge in [0.15, 0.2) is 0 Å². The van der Waals surface area contributed by atoms with Crippen molar-refractivity contribution >= 4 is 17.5 Å². The Kier molecular flexibility index (Phi) is 3.13. The first kappa shape index (κ1) is 12.8. The van der Waals surface area contributed by atoms with Gasteiger partial charge in [-0.1, -0.05) is 27.7 Å². The van der Waals surface area contributed by atoms with Gasteiger partial charge in [-0.05, 0) is 17.8 Å². The van der Waals surface area contributed by atoms with Crippen LogP contribution in [0.1, 0.15) is 34.6 Å². The van der Waals surface area contributed by atoms with Gasteiger partial charge in [0.25, 0.3) is 0 Å². The van der Waals surface area contributed by atoms with Gasteiger partial charge in [-0.15, -0.1) is 11.6 Å². The lowest BCUT2D eigenvalue weighted by atomic mass is 10.0. The fourth-order valence-corrected chi connectivity index (χ4v) is 2.71. The molecular formula is C12H22ClNO. The molecule has 3 heteroatoms. The molecule has 0 aromatic carbocycles. The van der Waals surface area contributed by atoms with Gasteiger partial charge in [0.2, 0.25) is 5.91 Å². The topological polar surface area (TPSA) is 20.3 Å². The second-order valence-electron chi connectivity index (χ2n) is 5.88. The first-order chi connectivity index (χ1) is 6.62. The van der Waals surface area contributed by atoms with Crippen LogP contribution in [-0.2, 0) is 4.79 Å². The molecular weight excluding hydrogens is 210 g/mol. The molecule has 88 valence electrons. The average Bonchev–Trinajstić information content (AvgIpc) is 2.40. The van der Waals surface area contributed by atoms with Gasteiger partial charge in [0.1, 0.15) is 0 Å². The Hall–Kier alpha value is -0.240. The van der Waals surface area contributed by atoms with Crippen molar-refractivity contribution in [2.75, 3.05) is 13.6 Å². The normalized spacial score (nSPS) is 24.7. The molecule has 0 spiro atoms. The predicted octanol–water partition coefficient (Wildman–Crippen LogP) is 2.75. The fraction of sp³-hybridized carbons (Fsp3) is 0.917. The minimum absolute atomic E-state index is 0.0175. The summed E-state index contributed by atoms with van der Waals surface area (Å²) in [6.45, 7) is 11.2. The Balaban J connectivity index is 2.65. The maximum absolute atomic E-state index is 12.1. The van der Waals surface area contributed by atoms with Gasteiger partial charge in [-0.3, -0.25) is 4.79 Å². The molecule has 0 aliphatic heterocycles. The number of halogens is 1. The summed E-state index contributed by atoms with van der Waals surface area (Å²) in [5, 5.41) is 0.0175. The Morgan fingerprint density at radius 3 is 2.00 bits per heavy atom. The van der Waals surface area contributed by atoms with Crippen LogP contribution in [0.5, 0.6) is 0 Å². The maximum Gasteiger partial charge on any atom is 0.226 e. The van der Waals surface area contributed by atoms with Gasteiger partial charge in [-0.2, -0.15) is 0 Å². The Morgan fingerprint density at radius 1 is 1.33 bits per heavy atom. The van der Waals surface area contributed by atoms with Crippen LogP contribution in [0.15, 0.2) is 0 Å². The lowest BCUT2D eigenvalue weighted by Crippen LogP contribution is -2.34. The van der Waals surface area contributed by atoms with Crippen LogP contribution in [-0.4, -0.2) is 29.8 Å². The van der Waals surface area contributed by atoms with Crippen molar-refractivity contribution in [2.24, 2.45) is 16.7 Å². The molecule has 1 atom stereocenters. The number of alkyl halides is 1. The molecule has 1 fully saturated rings. The van der Waals surface area contributed by atoms with Crippen LogP contribution in [0.3, 0.4) is 0 Å². The van der Waals surface area contributed by atoms with Crippen molar-refractivity contribution in [3.05, 3.63) is 0 Å². The Bertz CT molecular complexity index is 257. The van der Waals surface area contributed by atoms with Crippen LogP contribution >= 0.6 is 11.6 Å². The maximum atomic E-state index is 12.1. The Morgan fingerprint density at radius 2 is 1.73 bits per heavy atom. The van der Waals surface area contributed by atoms with Gasteiger partial charge in [0, 0.05) is 24.9 Å². The second-order valence-corrected chi connectivity index (χ2v) is 6.62. The summed E-state index contributed by atoms with van der Waals surface area (Å²) in [5.41, 5.74) is 0.238. The van der Waals surface area contributed by atoms with E-state index < -0.39 is 0 Å². The summed E-state index contributed by atoms with van der Waals surface area (Å²) in [6.07, 6.45) is 0. The molecule has 1 aliphatic carbocycles. The van der Waals surface area contributed by atoms with Crippen LogP contribution < -0.4 is 0 Å². The molecule has 0 radical (unpaired) electrons. The van der Waals surface area contributed by atoms with Crippen molar-refractivity contribution in [3.63, 3.8) is 0 Å². The van der Waals surface area contributed by atoms with E-state index in [-0.39, 0.29) is 28.0 Å². The minimum Gasteiger partial charge on any atom is -0.344 e. The van der Waals surface area contributed by atoms with Crippen LogP contribution in [0.25, 0.3) is 0 Å². The van der Waals surface area contributed by atoms with Gasteiger partial charge in [0.05, 0.1) is 0 Å². The summed E-state index contributed by atoms with van der Waals surface area (Å²) in [7, 11) is 1.84. The van der Waals surface area contributed by atoms with Gasteiger partial charge in [-0.25, -0.2) is 0 Å². The lowest BCUT2D eigenvalue weighted by molar-refractivity contribution is -0.132. The van der Waals surface area contributed by atoms with Gasteiger partial charge < -0.3 is 4.90 Å². The number of hydrogen-bond donors (Lipinski definition) is 0. The van der Waals surface area contributed by atoms with E-state index in [1.54, 1.807) is 4.90 Å². The summed E-state index contributed by atoms with van der Waals surface area (Å²) < 4.78 is 0. The lowest BCUT2D eigenvalue weighted by Gasteiger charge is -2.19. The van der Waals surface area contributed by atoms with Crippen molar-refractivity contribution in [1.29, 1.82) is 0 Å². The van der Waals surface area contributed by atoms with Gasteiger partial charge >= 0.3 is 0 Å². The van der Waals surface area contributed by atoms with E-state index in [4.69, 9.17) is 11.6 Å². The molecule has 0 N–H and O–H groups in total. The molecule has 2 nitrogen and oxygen atoms in total. The second kappa shape index (κ2) is 3.65. The average molecular weight is 232 g/mol. The largest absolute Gasteiger partial charge is 0.344 e. The van der Waals surface area contributed by atoms with Crippen molar-refractivity contribution in [3.8, 4) is 0 Å². The van der Waals surface area contributed by atoms with Crippen LogP contribution in [0.4, 0.5) is 0 Å². The molecule has 1 amide bonds. The monoisotopic (exact) mass is 231 g/mol. The van der Waals surface area contributed by atoms with E-state index >= 15 is 0 Å². The molecule has 15 heavy (non-hydrogen) atoms. The third kappa shape index (κ3) is 2.01. The number of amides is 1. The predicted molar refractivity (Wildman–Crippen MR) is 64.0 cm³/mol. The number of hydrogen-bond acceptors (Lipinski definition) is 1. The molecule has 0 heterocycles. The summed E-state index contributed by atoms with van der Waals surface area (Å²) >= 11 is 5.89. The highest BCUT2D eigenvalue weighted by Gasteiger charge is 2.68. The molecule has 0 aromatic heterocycles. The SMILES string of the molecule is CC(Cl)CN(C)C(=O)C1C(C)(C)C1(C)C. The van der Waals surface area contributed by atoms with E-state index in [2.05, 4.69) is 27.7 Å². The summed E-state index contributed by atoms with van der Waals surface area (Å²) in [5.74, 6) is 0.378. The van der Waals surface area contributed by atoms with Crippen molar-refractivity contribution < 1.29 is 4.79 Å². The molecule has 1 aliphatic rings. The number of carbonyl (C=O) groups is 1. The fourth-order valence-electron chi connectivity index (χ4n) is 2.50. The third-order valence-electron chi connectivity index (χ3n) is 4.17. The smallest absolute Gasteiger partial charge is 0.226 e. The number of carbonyl (C=O) groups excluding carboxylic acids is 1. The van der Waals surface area contributed by atoms with Crippen molar-refractivity contribution in [1.82, 2.24) is 4.90 Å². The zero-order valence-electron chi connectivity index (χ0n) is 10.6. The van der Waals surface area contributed by atoms with E-state index in [9.17, 15) is 4.79 Å². The highest BCUT2D eigenvalue weighted by molar-refractivity contribution is 6.20. The number of rotatable bonds is 3. The van der Waals surface area contributed by atoms with Crippen LogP contribution in [0, 0.1) is 16.7 Å². The molecule has 1 unspecified atom stereocenters. The number of nitrogens with zero attached hydrogens (tertiary/aromatic N) is 1. The third-order valence-corrected chi connectivity index (χ3v) is 4.31. The van der Waals surface area contributed by atoms with E-state index in [1.165, 1.54) is 0 Å². The molecule has 1 rings (SSSR count). The standard InChI is InChI=1S/C12H22ClNO/c1-8(13)7-14(6)10(15)9-11(2,3)12(9,4)5/h8-9H,7H2,1-6H3. The highest BCUT2D eigenvalue weighted by Crippen LogP contribution is 2.68. The van der Waals surface area contributed by atoms with E-state index in [1.807, 2.05) is 14.0 Å². The first-order valence-corrected chi connectivity index (χ1v) is 5.95. The van der Waals surface area contributed by atoms with Crippen molar-refractivity contribution in [2.45, 2.75) is 40.0 Å². The zero-order chi connectivity index (χ0) is 12.0. The molecule has 0 bridgehead atoms.